The maximum Gasteiger partial charge on any atom is 0.415 e. The zero-order valence-electron chi connectivity index (χ0n) is 21.3. The lowest BCUT2D eigenvalue weighted by Gasteiger charge is -2.26. The molecule has 3 aromatic rings. The van der Waals surface area contributed by atoms with Crippen molar-refractivity contribution in [3.63, 3.8) is 0 Å². The first-order valence-corrected chi connectivity index (χ1v) is 12.9. The number of fused-ring (bicyclic) bond motifs is 1. The van der Waals surface area contributed by atoms with Crippen LogP contribution in [0.15, 0.2) is 42.6 Å². The molecular weight excluding hydrogens is 478 g/mol. The van der Waals surface area contributed by atoms with E-state index in [0.717, 1.165) is 28.8 Å². The monoisotopic (exact) mass is 511 g/mol. The molecule has 1 fully saturated rings. The molecule has 192 valence electrons. The number of ether oxygens (including phenoxy) is 1. The molecule has 1 saturated heterocycles. The fourth-order valence-corrected chi connectivity index (χ4v) is 5.43. The van der Waals surface area contributed by atoms with Crippen molar-refractivity contribution in [1.82, 2.24) is 9.88 Å². The second kappa shape index (κ2) is 10.5. The summed E-state index contributed by atoms with van der Waals surface area (Å²) in [6.07, 6.45) is 4.13. The molecule has 1 unspecified atom stereocenters. The summed E-state index contributed by atoms with van der Waals surface area (Å²) in [5.74, 6) is -0.995. The Kier molecular flexibility index (Phi) is 7.62. The Bertz CT molecular complexity index is 1270. The van der Waals surface area contributed by atoms with Crippen molar-refractivity contribution in [3.05, 3.63) is 64.3 Å². The van der Waals surface area contributed by atoms with Gasteiger partial charge >= 0.3 is 12.1 Å². The topological polar surface area (TPSA) is 83.8 Å². The number of hydrogen-bond acceptors (Lipinski definition) is 4. The number of nitrogens with zero attached hydrogens (tertiary/aromatic N) is 2. The summed E-state index contributed by atoms with van der Waals surface area (Å²) in [5.41, 5.74) is 3.81. The van der Waals surface area contributed by atoms with E-state index >= 15 is 0 Å². The standard InChI is InChI=1S/C28H34ClN3O4/c1-5-10-28(17-32(27(35)36-28)23-8-6-20(7-9-23)26(33)34)11-12-30-15-21-16-31(18(2)3)25-19(4)13-22(29)14-24(21)25/h6-9,13-14,16,18,30H,5,10-12,15,17H2,1-4H3,(H,33,34). The van der Waals surface area contributed by atoms with Crippen molar-refractivity contribution in [3.8, 4) is 0 Å². The largest absolute Gasteiger partial charge is 0.478 e. The first-order valence-electron chi connectivity index (χ1n) is 12.5. The maximum atomic E-state index is 12.8. The molecule has 2 aromatic carbocycles. The van der Waals surface area contributed by atoms with Crippen molar-refractivity contribution < 1.29 is 19.4 Å². The van der Waals surface area contributed by atoms with Gasteiger partial charge in [-0.25, -0.2) is 9.59 Å². The number of benzene rings is 2. The Balaban J connectivity index is 1.45. The van der Waals surface area contributed by atoms with Crippen LogP contribution in [0.25, 0.3) is 10.9 Å². The minimum Gasteiger partial charge on any atom is -0.478 e. The van der Waals surface area contributed by atoms with E-state index in [-0.39, 0.29) is 5.56 Å². The van der Waals surface area contributed by atoms with Crippen LogP contribution < -0.4 is 10.2 Å². The highest BCUT2D eigenvalue weighted by molar-refractivity contribution is 6.31. The summed E-state index contributed by atoms with van der Waals surface area (Å²) in [5, 5.41) is 14.6. The highest BCUT2D eigenvalue weighted by Gasteiger charge is 2.44. The van der Waals surface area contributed by atoms with Crippen LogP contribution in [0.2, 0.25) is 5.02 Å². The third kappa shape index (κ3) is 5.22. The van der Waals surface area contributed by atoms with Gasteiger partial charge in [0.1, 0.15) is 5.60 Å². The number of carbonyl (C=O) groups is 2. The lowest BCUT2D eigenvalue weighted by molar-refractivity contribution is 0.0419. The third-order valence-corrected chi connectivity index (χ3v) is 7.11. The number of rotatable bonds is 10. The van der Waals surface area contributed by atoms with Crippen LogP contribution in [0.3, 0.4) is 0 Å². The average Bonchev–Trinajstić information content (AvgIpc) is 3.35. The van der Waals surface area contributed by atoms with Gasteiger partial charge in [0.05, 0.1) is 17.6 Å². The number of cyclic esters (lactones) is 1. The highest BCUT2D eigenvalue weighted by atomic mass is 35.5. The fourth-order valence-electron chi connectivity index (χ4n) is 5.16. The van der Waals surface area contributed by atoms with Crippen molar-refractivity contribution in [2.75, 3.05) is 18.0 Å². The quantitative estimate of drug-likeness (QED) is 0.301. The molecule has 8 heteroatoms. The van der Waals surface area contributed by atoms with Gasteiger partial charge < -0.3 is 19.7 Å². The van der Waals surface area contributed by atoms with Gasteiger partial charge in [-0.05, 0) is 81.3 Å². The number of halogens is 1. The summed E-state index contributed by atoms with van der Waals surface area (Å²) in [4.78, 5) is 25.5. The fraction of sp³-hybridized carbons (Fsp3) is 0.429. The molecule has 36 heavy (non-hydrogen) atoms. The number of carbonyl (C=O) groups excluding carboxylic acids is 1. The minimum absolute atomic E-state index is 0.186. The normalized spacial score (nSPS) is 17.8. The molecule has 2 N–H and O–H groups in total. The molecule has 0 bridgehead atoms. The molecule has 1 aliphatic heterocycles. The average molecular weight is 512 g/mol. The van der Waals surface area contributed by atoms with Gasteiger partial charge in [-0.15, -0.1) is 0 Å². The minimum atomic E-state index is -0.995. The van der Waals surface area contributed by atoms with E-state index in [1.165, 1.54) is 23.2 Å². The third-order valence-electron chi connectivity index (χ3n) is 6.90. The molecule has 7 nitrogen and oxygen atoms in total. The van der Waals surface area contributed by atoms with E-state index in [4.69, 9.17) is 21.4 Å². The van der Waals surface area contributed by atoms with Gasteiger partial charge in [-0.1, -0.05) is 24.9 Å². The molecule has 1 amide bonds. The Labute approximate surface area is 217 Å². The first-order chi connectivity index (χ1) is 17.1. The predicted molar refractivity (Wildman–Crippen MR) is 143 cm³/mol. The number of anilines is 1. The molecular formula is C28H34ClN3O4. The number of aromatic carboxylic acids is 1. The van der Waals surface area contributed by atoms with Crippen LogP contribution in [-0.4, -0.2) is 40.4 Å². The molecule has 0 spiro atoms. The smallest absolute Gasteiger partial charge is 0.415 e. The number of nitrogens with one attached hydrogen (secondary N) is 1. The van der Waals surface area contributed by atoms with E-state index in [2.05, 4.69) is 43.8 Å². The van der Waals surface area contributed by atoms with E-state index in [1.54, 1.807) is 17.0 Å². The number of carboxylic acid groups (broad SMARTS) is 1. The van der Waals surface area contributed by atoms with E-state index in [0.29, 0.717) is 37.8 Å². The summed E-state index contributed by atoms with van der Waals surface area (Å²) >= 11 is 6.38. The molecule has 0 aliphatic carbocycles. The van der Waals surface area contributed by atoms with Crippen molar-refractivity contribution in [2.24, 2.45) is 0 Å². The SMILES string of the molecule is CCCC1(CCNCc2cn(C(C)C)c3c(C)cc(Cl)cc23)CN(c2ccc(C(=O)O)cc2)C(=O)O1. The Morgan fingerprint density at radius 2 is 1.94 bits per heavy atom. The molecule has 1 aliphatic rings. The Hall–Kier alpha value is -3.03. The number of hydrogen-bond donors (Lipinski definition) is 2. The van der Waals surface area contributed by atoms with Gasteiger partial charge in [-0.3, -0.25) is 4.90 Å². The predicted octanol–water partition coefficient (Wildman–Crippen LogP) is 6.56. The number of aryl methyl sites for hydroxylation is 1. The number of aromatic nitrogens is 1. The second-order valence-electron chi connectivity index (χ2n) is 9.94. The summed E-state index contributed by atoms with van der Waals surface area (Å²) < 4.78 is 8.23. The summed E-state index contributed by atoms with van der Waals surface area (Å²) in [6, 6.07) is 10.7. The van der Waals surface area contributed by atoms with Gasteiger partial charge in [0.25, 0.3) is 0 Å². The van der Waals surface area contributed by atoms with Crippen molar-refractivity contribution in [1.29, 1.82) is 0 Å². The van der Waals surface area contributed by atoms with Gasteiger partial charge in [0.15, 0.2) is 0 Å². The highest BCUT2D eigenvalue weighted by Crippen LogP contribution is 2.34. The Morgan fingerprint density at radius 3 is 2.58 bits per heavy atom. The van der Waals surface area contributed by atoms with Crippen LogP contribution in [0.1, 0.15) is 67.6 Å². The van der Waals surface area contributed by atoms with Gasteiger partial charge in [0.2, 0.25) is 0 Å². The molecule has 1 aromatic heterocycles. The van der Waals surface area contributed by atoms with Gasteiger partial charge in [0, 0.05) is 41.3 Å². The van der Waals surface area contributed by atoms with Crippen LogP contribution in [-0.2, 0) is 11.3 Å². The zero-order valence-corrected chi connectivity index (χ0v) is 22.1. The lowest BCUT2D eigenvalue weighted by atomic mass is 9.93. The lowest BCUT2D eigenvalue weighted by Crippen LogP contribution is -2.37. The second-order valence-corrected chi connectivity index (χ2v) is 10.4. The molecule has 4 rings (SSSR count). The van der Waals surface area contributed by atoms with Crippen LogP contribution in [0.4, 0.5) is 10.5 Å². The van der Waals surface area contributed by atoms with Crippen LogP contribution in [0.5, 0.6) is 0 Å². The Morgan fingerprint density at radius 1 is 1.22 bits per heavy atom. The molecule has 0 radical (unpaired) electrons. The first kappa shape index (κ1) is 26.0. The zero-order chi connectivity index (χ0) is 26.0. The maximum absolute atomic E-state index is 12.8. The van der Waals surface area contributed by atoms with Crippen molar-refractivity contribution >= 4 is 40.3 Å². The van der Waals surface area contributed by atoms with Crippen LogP contribution >= 0.6 is 11.6 Å². The summed E-state index contributed by atoms with van der Waals surface area (Å²) in [7, 11) is 0. The number of carboxylic acids is 1. The van der Waals surface area contributed by atoms with E-state index in [9.17, 15) is 9.59 Å². The summed E-state index contributed by atoms with van der Waals surface area (Å²) in [6.45, 7) is 10.3. The molecule has 2 heterocycles. The van der Waals surface area contributed by atoms with E-state index in [1.807, 2.05) is 12.1 Å². The van der Waals surface area contributed by atoms with Gasteiger partial charge in [-0.2, -0.15) is 0 Å². The molecule has 1 atom stereocenters. The van der Waals surface area contributed by atoms with E-state index < -0.39 is 17.7 Å². The molecule has 0 saturated carbocycles. The van der Waals surface area contributed by atoms with Crippen molar-refractivity contribution in [2.45, 2.75) is 65.1 Å². The van der Waals surface area contributed by atoms with Crippen LogP contribution in [0, 0.1) is 6.92 Å². The number of amides is 1.